The van der Waals surface area contributed by atoms with Gasteiger partial charge in [0.2, 0.25) is 0 Å². The first kappa shape index (κ1) is 33.9. The smallest absolute Gasteiger partial charge is 0.179 e. The van der Waals surface area contributed by atoms with Gasteiger partial charge in [-0.1, -0.05) is 249 Å². The normalized spacial score (nSPS) is 13.6. The molecule has 0 radical (unpaired) electrons. The highest BCUT2D eigenvalue weighted by Crippen LogP contribution is 2.40. The van der Waals surface area contributed by atoms with Crippen molar-refractivity contribution in [2.75, 3.05) is 0 Å². The number of hydrogen-bond acceptors (Lipinski definition) is 0. The van der Waals surface area contributed by atoms with Crippen molar-refractivity contribution < 1.29 is 11.0 Å². The topological polar surface area (TPSA) is 9.86 Å². The summed E-state index contributed by atoms with van der Waals surface area (Å²) in [6.07, 6.45) is 0. The fraction of sp³-hybridized carbons (Fsp3) is 0. The molecule has 0 unspecified atom stereocenters. The summed E-state index contributed by atoms with van der Waals surface area (Å²) in [5, 5.41) is 11.4. The molecule has 0 aliphatic heterocycles. The van der Waals surface area contributed by atoms with Crippen LogP contribution in [-0.2, 0) is 0 Å². The Bertz CT molecular complexity index is 4050. The van der Waals surface area contributed by atoms with Crippen LogP contribution in [-0.4, -0.2) is 25.3 Å². The van der Waals surface area contributed by atoms with E-state index in [1.54, 1.807) is 4.57 Å². The lowest BCUT2D eigenvalue weighted by Gasteiger charge is -2.38. The predicted octanol–water partition coefficient (Wildman–Crippen LogP) is 10.6. The first-order valence-corrected chi connectivity index (χ1v) is 27.6. The summed E-state index contributed by atoms with van der Waals surface area (Å²) >= 11 is 0. The van der Waals surface area contributed by atoms with Crippen molar-refractivity contribution >= 4 is 101 Å². The summed E-state index contributed by atoms with van der Waals surface area (Å²) in [7, 11) is -6.58. The molecule has 330 valence electrons. The van der Waals surface area contributed by atoms with E-state index in [2.05, 4.69) is 223 Å². The molecular formula is C66H48N2Si2. The van der Waals surface area contributed by atoms with Gasteiger partial charge in [0, 0.05) is 27.2 Å². The van der Waals surface area contributed by atoms with Gasteiger partial charge in [0.15, 0.2) is 16.1 Å². The minimum atomic E-state index is -3.29. The van der Waals surface area contributed by atoms with Crippen molar-refractivity contribution in [3.63, 3.8) is 0 Å². The highest BCUT2D eigenvalue weighted by Gasteiger charge is 2.46. The minimum absolute atomic E-state index is 0.0363. The van der Waals surface area contributed by atoms with Gasteiger partial charge in [-0.3, -0.25) is 0 Å². The predicted molar refractivity (Wildman–Crippen MR) is 302 cm³/mol. The van der Waals surface area contributed by atoms with Gasteiger partial charge in [0.05, 0.1) is 38.7 Å². The molecule has 13 rings (SSSR count). The average molecular weight is 933 g/mol. The van der Waals surface area contributed by atoms with Crippen LogP contribution in [0.15, 0.2) is 291 Å². The average Bonchev–Trinajstić information content (AvgIpc) is 4.07. The van der Waals surface area contributed by atoms with Crippen LogP contribution >= 0.6 is 0 Å². The molecule has 11 aromatic carbocycles. The lowest BCUT2D eigenvalue weighted by molar-refractivity contribution is 1.17. The Labute approximate surface area is 421 Å². The van der Waals surface area contributed by atoms with Gasteiger partial charge in [0.1, 0.15) is 0 Å². The Morgan fingerprint density at radius 3 is 1.04 bits per heavy atom. The number of rotatable bonds is 10. The van der Waals surface area contributed by atoms with Gasteiger partial charge in [-0.15, -0.1) is 0 Å². The molecule has 0 atom stereocenters. The lowest BCUT2D eigenvalue weighted by Crippen LogP contribution is -2.78. The van der Waals surface area contributed by atoms with Crippen LogP contribution < -0.4 is 41.5 Å². The molecule has 0 aliphatic carbocycles. The molecule has 0 N–H and O–H groups in total. The summed E-state index contributed by atoms with van der Waals surface area (Å²) in [5.74, 6) is 0. The van der Waals surface area contributed by atoms with Crippen LogP contribution in [0.25, 0.3) is 55.0 Å². The molecule has 70 heavy (non-hydrogen) atoms. The zero-order valence-electron chi connectivity index (χ0n) is 46.0. The number of para-hydroxylation sites is 3. The van der Waals surface area contributed by atoms with Crippen molar-refractivity contribution in [3.05, 3.63) is 291 Å². The van der Waals surface area contributed by atoms with E-state index in [1.165, 1.54) is 41.5 Å². The van der Waals surface area contributed by atoms with E-state index >= 15 is 0 Å². The second kappa shape index (κ2) is 17.2. The summed E-state index contributed by atoms with van der Waals surface area (Å²) in [6, 6.07) is 83.9. The van der Waals surface area contributed by atoms with E-state index in [-0.39, 0.29) is 46.0 Å². The molecule has 4 heteroatoms. The Hall–Kier alpha value is -8.55. The Morgan fingerprint density at radius 1 is 0.271 bits per heavy atom. The van der Waals surface area contributed by atoms with Crippen LogP contribution in [0.5, 0.6) is 0 Å². The molecule has 2 nitrogen and oxygen atoms in total. The van der Waals surface area contributed by atoms with Gasteiger partial charge in [-0.05, 0) is 83.9 Å². The van der Waals surface area contributed by atoms with Crippen molar-refractivity contribution in [2.45, 2.75) is 0 Å². The van der Waals surface area contributed by atoms with Crippen molar-refractivity contribution in [2.24, 2.45) is 0 Å². The molecule has 0 saturated carbocycles. The number of nitrogens with zero attached hydrogens (tertiary/aromatic N) is 2. The SMILES string of the molecule is [2H]c1c([2H])c([2H])c2c(c1[2H])c1c([2H])c([2H])c([2H])c([2H])c1n2-c1cccc2c1c1ccccc1n2-c1cc([Si](c2ccccc2)(c2ccccc2)c2ccccc2)cc([Si](c2ccccc2)(c2ccccc2)c2ccccc2)c1. The highest BCUT2D eigenvalue weighted by atomic mass is 28.3. The molecule has 0 amide bonds. The van der Waals surface area contributed by atoms with Crippen molar-refractivity contribution in [1.29, 1.82) is 0 Å². The largest absolute Gasteiger partial charge is 0.309 e. The van der Waals surface area contributed by atoms with Crippen LogP contribution in [0, 0.1) is 0 Å². The van der Waals surface area contributed by atoms with E-state index in [1.807, 2.05) is 24.3 Å². The summed E-state index contributed by atoms with van der Waals surface area (Å²) in [4.78, 5) is 0. The number of hydrogen-bond donors (Lipinski definition) is 0. The van der Waals surface area contributed by atoms with Crippen LogP contribution in [0.1, 0.15) is 11.0 Å². The highest BCUT2D eigenvalue weighted by molar-refractivity contribution is 7.22. The molecule has 13 aromatic rings. The third-order valence-corrected chi connectivity index (χ3v) is 23.7. The monoisotopic (exact) mass is 932 g/mol. The molecule has 2 heterocycles. The third-order valence-electron chi connectivity index (χ3n) is 14.2. The maximum atomic E-state index is 9.47. The zero-order chi connectivity index (χ0) is 53.5. The summed E-state index contributed by atoms with van der Waals surface area (Å²) < 4.78 is 76.8. The Balaban J connectivity index is 1.24. The first-order chi connectivity index (χ1) is 38.1. The molecular weight excluding hydrogens is 877 g/mol. The molecule has 0 fully saturated rings. The molecule has 0 bridgehead atoms. The molecule has 0 spiro atoms. The quantitative estimate of drug-likeness (QED) is 0.0955. The van der Waals surface area contributed by atoms with Gasteiger partial charge in [0.25, 0.3) is 0 Å². The third kappa shape index (κ3) is 6.38. The van der Waals surface area contributed by atoms with E-state index in [4.69, 9.17) is 5.48 Å². The van der Waals surface area contributed by atoms with Crippen LogP contribution in [0.3, 0.4) is 0 Å². The van der Waals surface area contributed by atoms with E-state index in [0.29, 0.717) is 5.69 Å². The van der Waals surface area contributed by atoms with Crippen molar-refractivity contribution in [1.82, 2.24) is 9.13 Å². The zero-order valence-corrected chi connectivity index (χ0v) is 40.0. The fourth-order valence-electron chi connectivity index (χ4n) is 11.4. The van der Waals surface area contributed by atoms with Gasteiger partial charge < -0.3 is 9.13 Å². The second-order valence-electron chi connectivity index (χ2n) is 17.8. The van der Waals surface area contributed by atoms with Gasteiger partial charge in [-0.25, -0.2) is 0 Å². The fourth-order valence-corrected chi connectivity index (χ4v) is 21.2. The summed E-state index contributed by atoms with van der Waals surface area (Å²) in [5.41, 5.74) is 3.25. The van der Waals surface area contributed by atoms with E-state index in [9.17, 15) is 5.48 Å². The van der Waals surface area contributed by atoms with Gasteiger partial charge in [-0.2, -0.15) is 0 Å². The Kier molecular flexibility index (Phi) is 8.32. The van der Waals surface area contributed by atoms with Gasteiger partial charge >= 0.3 is 0 Å². The summed E-state index contributed by atoms with van der Waals surface area (Å²) in [6.45, 7) is 0. The van der Waals surface area contributed by atoms with Crippen LogP contribution in [0.2, 0.25) is 0 Å². The van der Waals surface area contributed by atoms with E-state index < -0.39 is 40.3 Å². The first-order valence-electron chi connectivity index (χ1n) is 27.6. The lowest BCUT2D eigenvalue weighted by atomic mass is 10.1. The van der Waals surface area contributed by atoms with Crippen LogP contribution in [0.4, 0.5) is 0 Å². The minimum Gasteiger partial charge on any atom is -0.309 e. The molecule has 0 saturated heterocycles. The number of benzene rings is 11. The molecule has 0 aliphatic rings. The van der Waals surface area contributed by atoms with E-state index in [0.717, 1.165) is 27.5 Å². The standard InChI is InChI=1S/C66H48N2Si2/c1-7-26-50(27-8-1)69(51-28-9-2-10-29-51,52-30-11-3-12-31-52)56-46-49(47-57(48-56)70(53-32-13-4-14-33-53,54-34-15-5-16-35-54)55-36-17-6-18-37-55)67-63-43-24-21-40-60(63)66-64(67)44-25-45-65(66)68-61-41-22-19-38-58(61)59-39-20-23-42-62(59)68/h1-48H/i19D,20D,22D,23D,38D,39D,41D,42D. The maximum Gasteiger partial charge on any atom is 0.179 e. The maximum absolute atomic E-state index is 9.47. The Morgan fingerprint density at radius 2 is 0.629 bits per heavy atom. The second-order valence-corrected chi connectivity index (χ2v) is 25.4. The van der Waals surface area contributed by atoms with Crippen molar-refractivity contribution in [3.8, 4) is 11.4 Å². The number of fused-ring (bicyclic) bond motifs is 6. The number of aromatic nitrogens is 2. The molecule has 2 aromatic heterocycles.